The fourth-order valence-electron chi connectivity index (χ4n) is 4.14. The van der Waals surface area contributed by atoms with Crippen molar-refractivity contribution in [2.75, 3.05) is 14.1 Å². The lowest BCUT2D eigenvalue weighted by atomic mass is 9.92. The van der Waals surface area contributed by atoms with Gasteiger partial charge in [0.1, 0.15) is 0 Å². The van der Waals surface area contributed by atoms with Crippen LogP contribution in [0, 0.1) is 0 Å². The Kier molecular flexibility index (Phi) is 6.79. The van der Waals surface area contributed by atoms with Gasteiger partial charge in [0.2, 0.25) is 0 Å². The van der Waals surface area contributed by atoms with Crippen LogP contribution in [-0.4, -0.2) is 52.4 Å². The molecule has 0 aromatic heterocycles. The van der Waals surface area contributed by atoms with E-state index in [0.717, 1.165) is 12.1 Å². The van der Waals surface area contributed by atoms with Crippen molar-refractivity contribution >= 4 is 10.2 Å². The predicted octanol–water partition coefficient (Wildman–Crippen LogP) is 2.72. The van der Waals surface area contributed by atoms with Gasteiger partial charge in [0, 0.05) is 22.3 Å². The molecule has 0 atom stereocenters. The molecule has 3 heteroatoms. The van der Waals surface area contributed by atoms with Gasteiger partial charge in [0.05, 0.1) is 6.17 Å². The lowest BCUT2D eigenvalue weighted by molar-refractivity contribution is 0.0296. The highest BCUT2D eigenvalue weighted by atomic mass is 28.1. The molecule has 0 heterocycles. The Labute approximate surface area is 129 Å². The summed E-state index contributed by atoms with van der Waals surface area (Å²) in [5.74, 6) is 0. The molecular weight excluding hydrogens is 260 g/mol. The van der Waals surface area contributed by atoms with Crippen molar-refractivity contribution in [1.29, 1.82) is 0 Å². The molecule has 0 radical (unpaired) electrons. The molecular formula is C17H34N2Si. The first-order valence-electron chi connectivity index (χ1n) is 8.80. The molecule has 0 amide bonds. The average Bonchev–Trinajstić information content (AvgIpc) is 2.53. The third-order valence-corrected chi connectivity index (χ3v) is 5.89. The van der Waals surface area contributed by atoms with E-state index in [-0.39, 0.29) is 0 Å². The molecule has 0 saturated heterocycles. The molecule has 0 aliphatic heterocycles. The summed E-state index contributed by atoms with van der Waals surface area (Å²) in [6.07, 6.45) is 17.2. The van der Waals surface area contributed by atoms with Gasteiger partial charge in [-0.25, -0.2) is 0 Å². The third-order valence-electron chi connectivity index (χ3n) is 5.50. The van der Waals surface area contributed by atoms with Crippen molar-refractivity contribution in [2.24, 2.45) is 0 Å². The van der Waals surface area contributed by atoms with Crippen LogP contribution < -0.4 is 0 Å². The maximum absolute atomic E-state index is 2.67. The number of hydrogen-bond donors (Lipinski definition) is 0. The highest BCUT2D eigenvalue weighted by molar-refractivity contribution is 6.17. The van der Waals surface area contributed by atoms with Crippen molar-refractivity contribution < 1.29 is 0 Å². The second-order valence-corrected chi connectivity index (χ2v) is 7.52. The van der Waals surface area contributed by atoms with Gasteiger partial charge in [-0.3, -0.25) is 9.80 Å². The number of likely N-dealkylation sites (N-methyl/N-ethyl adjacent to an activating group) is 2. The molecule has 0 aromatic carbocycles. The molecule has 0 bridgehead atoms. The minimum Gasteiger partial charge on any atom is -0.285 e. The smallest absolute Gasteiger partial charge is 0.0810 e. The number of nitrogens with zero attached hydrogens (tertiary/aromatic N) is 2. The SMILES string of the molecule is CN(C1CCCCC1)C(C=C[SiH3])N(C)C1CCCCC1. The Morgan fingerprint density at radius 3 is 1.55 bits per heavy atom. The van der Waals surface area contributed by atoms with Crippen LogP contribution in [0.1, 0.15) is 64.2 Å². The lowest BCUT2D eigenvalue weighted by Gasteiger charge is -2.44. The van der Waals surface area contributed by atoms with Gasteiger partial charge in [-0.1, -0.05) is 44.6 Å². The number of rotatable bonds is 5. The Hall–Kier alpha value is -0.123. The van der Waals surface area contributed by atoms with Gasteiger partial charge in [-0.15, -0.1) is 5.70 Å². The van der Waals surface area contributed by atoms with Crippen molar-refractivity contribution in [1.82, 2.24) is 9.80 Å². The fraction of sp³-hybridized carbons (Fsp3) is 0.882. The molecule has 2 nitrogen and oxygen atoms in total. The van der Waals surface area contributed by atoms with E-state index in [1.165, 1.54) is 74.5 Å². The molecule has 0 N–H and O–H groups in total. The lowest BCUT2D eigenvalue weighted by Crippen LogP contribution is -2.52. The van der Waals surface area contributed by atoms with Crippen molar-refractivity contribution in [3.8, 4) is 0 Å². The maximum Gasteiger partial charge on any atom is 0.0810 e. The van der Waals surface area contributed by atoms with Crippen molar-refractivity contribution in [2.45, 2.75) is 82.5 Å². The molecule has 0 aromatic rings. The van der Waals surface area contributed by atoms with E-state index in [2.05, 4.69) is 35.7 Å². The van der Waals surface area contributed by atoms with Gasteiger partial charge < -0.3 is 0 Å². The second-order valence-electron chi connectivity index (χ2n) is 6.85. The van der Waals surface area contributed by atoms with E-state index in [1.54, 1.807) is 0 Å². The van der Waals surface area contributed by atoms with Crippen LogP contribution in [0.3, 0.4) is 0 Å². The normalized spacial score (nSPS) is 23.6. The molecule has 2 aliphatic carbocycles. The zero-order chi connectivity index (χ0) is 14.4. The molecule has 2 fully saturated rings. The average molecular weight is 295 g/mol. The zero-order valence-corrected chi connectivity index (χ0v) is 15.9. The minimum atomic E-state index is 0.527. The summed E-state index contributed by atoms with van der Waals surface area (Å²) in [6.45, 7) is 0. The molecule has 2 rings (SSSR count). The van der Waals surface area contributed by atoms with Crippen LogP contribution in [0.2, 0.25) is 0 Å². The highest BCUT2D eigenvalue weighted by Crippen LogP contribution is 2.28. The van der Waals surface area contributed by atoms with Gasteiger partial charge in [-0.05, 0) is 39.8 Å². The molecule has 116 valence electrons. The van der Waals surface area contributed by atoms with E-state index >= 15 is 0 Å². The molecule has 2 saturated carbocycles. The van der Waals surface area contributed by atoms with Gasteiger partial charge in [-0.2, -0.15) is 0 Å². The molecule has 0 unspecified atom stereocenters. The molecule has 2 aliphatic rings. The van der Waals surface area contributed by atoms with E-state index < -0.39 is 0 Å². The van der Waals surface area contributed by atoms with Crippen LogP contribution in [0.4, 0.5) is 0 Å². The standard InChI is InChI=1S/C17H34N2Si/c1-18(15-9-5-3-6-10-15)17(13-14-20)19(2)16-11-7-4-8-12-16/h13-17H,3-12H2,1-2,20H3. The van der Waals surface area contributed by atoms with Crippen molar-refractivity contribution in [3.63, 3.8) is 0 Å². The van der Waals surface area contributed by atoms with E-state index in [1.807, 2.05) is 0 Å². The Bertz CT molecular complexity index is 269. The first kappa shape index (κ1) is 16.3. The van der Waals surface area contributed by atoms with Crippen LogP contribution in [-0.2, 0) is 0 Å². The van der Waals surface area contributed by atoms with Crippen LogP contribution >= 0.6 is 0 Å². The second kappa shape index (κ2) is 8.35. The summed E-state index contributed by atoms with van der Waals surface area (Å²) < 4.78 is 0. The zero-order valence-electron chi connectivity index (χ0n) is 13.9. The first-order valence-corrected chi connectivity index (χ1v) is 9.96. The highest BCUT2D eigenvalue weighted by Gasteiger charge is 2.29. The topological polar surface area (TPSA) is 6.48 Å². The quantitative estimate of drug-likeness (QED) is 0.568. The van der Waals surface area contributed by atoms with E-state index in [4.69, 9.17) is 0 Å². The van der Waals surface area contributed by atoms with Gasteiger partial charge in [0.15, 0.2) is 0 Å². The Balaban J connectivity index is 2.00. The fourth-order valence-corrected chi connectivity index (χ4v) is 4.48. The predicted molar refractivity (Wildman–Crippen MR) is 92.1 cm³/mol. The minimum absolute atomic E-state index is 0.527. The monoisotopic (exact) mass is 294 g/mol. The molecule has 20 heavy (non-hydrogen) atoms. The van der Waals surface area contributed by atoms with E-state index in [0.29, 0.717) is 6.17 Å². The number of hydrogen-bond acceptors (Lipinski definition) is 2. The summed E-state index contributed by atoms with van der Waals surface area (Å²) in [4.78, 5) is 5.34. The summed E-state index contributed by atoms with van der Waals surface area (Å²) in [5, 5.41) is 0. The van der Waals surface area contributed by atoms with E-state index in [9.17, 15) is 0 Å². The summed E-state index contributed by atoms with van der Waals surface area (Å²) in [6, 6.07) is 1.61. The van der Waals surface area contributed by atoms with Crippen LogP contribution in [0.15, 0.2) is 11.8 Å². The Morgan fingerprint density at radius 1 is 0.800 bits per heavy atom. The largest absolute Gasteiger partial charge is 0.285 e. The van der Waals surface area contributed by atoms with Crippen molar-refractivity contribution in [3.05, 3.63) is 11.8 Å². The summed E-state index contributed by atoms with van der Waals surface area (Å²) in [7, 11) is 5.90. The maximum atomic E-state index is 2.67. The molecule has 0 spiro atoms. The first-order chi connectivity index (χ1) is 9.74. The van der Waals surface area contributed by atoms with Crippen LogP contribution in [0.25, 0.3) is 0 Å². The summed E-state index contributed by atoms with van der Waals surface area (Å²) in [5.41, 5.74) is 2.38. The van der Waals surface area contributed by atoms with Gasteiger partial charge in [0.25, 0.3) is 0 Å². The van der Waals surface area contributed by atoms with Crippen LogP contribution in [0.5, 0.6) is 0 Å². The van der Waals surface area contributed by atoms with Gasteiger partial charge >= 0.3 is 0 Å². The Morgan fingerprint density at radius 2 is 1.20 bits per heavy atom. The third kappa shape index (κ3) is 4.19. The summed E-state index contributed by atoms with van der Waals surface area (Å²) >= 11 is 0.